The average Bonchev–Trinajstić information content (AvgIpc) is 2.41. The van der Waals surface area contributed by atoms with Crippen LogP contribution in [0.3, 0.4) is 0 Å². The molecule has 0 aliphatic rings. The van der Waals surface area contributed by atoms with Crippen molar-refractivity contribution in [2.45, 2.75) is 54.6 Å². The molecule has 23 heavy (non-hydrogen) atoms. The van der Waals surface area contributed by atoms with E-state index in [0.717, 1.165) is 11.1 Å². The van der Waals surface area contributed by atoms with Crippen molar-refractivity contribution in [2.75, 3.05) is 13.2 Å². The number of aliphatic hydroxyl groups is 1. The predicted molar refractivity (Wildman–Crippen MR) is 94.3 cm³/mol. The van der Waals surface area contributed by atoms with Crippen molar-refractivity contribution in [1.82, 2.24) is 0 Å². The van der Waals surface area contributed by atoms with Gasteiger partial charge in [-0.25, -0.2) is 4.79 Å². The van der Waals surface area contributed by atoms with Gasteiger partial charge in [-0.05, 0) is 37.3 Å². The van der Waals surface area contributed by atoms with Gasteiger partial charge in [0.2, 0.25) is 0 Å². The maximum absolute atomic E-state index is 11.2. The third-order valence-corrected chi connectivity index (χ3v) is 3.34. The lowest BCUT2D eigenvalue weighted by Crippen LogP contribution is -2.23. The van der Waals surface area contributed by atoms with E-state index in [1.54, 1.807) is 6.92 Å². The fourth-order valence-corrected chi connectivity index (χ4v) is 2.23. The van der Waals surface area contributed by atoms with Gasteiger partial charge in [-0.1, -0.05) is 52.0 Å². The van der Waals surface area contributed by atoms with Gasteiger partial charge in [-0.2, -0.15) is 0 Å². The molecule has 0 bridgehead atoms. The average molecular weight is 324 g/mol. The Morgan fingerprint density at radius 2 is 1.83 bits per heavy atom. The van der Waals surface area contributed by atoms with Crippen molar-refractivity contribution in [3.05, 3.63) is 35.5 Å². The highest BCUT2D eigenvalue weighted by molar-refractivity contribution is 5.60. The van der Waals surface area contributed by atoms with Gasteiger partial charge in [0.25, 0.3) is 0 Å². The summed E-state index contributed by atoms with van der Waals surface area (Å²) in [7, 11) is 0. The van der Waals surface area contributed by atoms with E-state index >= 15 is 0 Å². The second-order valence-electron chi connectivity index (χ2n) is 7.01. The lowest BCUT2D eigenvalue weighted by atomic mass is 9.89. The SMILES string of the molecule is C=C(COC(=O)OCC)[C@H](C)[C@H](O)/C(C)=C/C(C)=C/C(C)(C)C. The molecular formula is C19H32O4. The standard InChI is InChI=1S/C19H32O4/c1-9-22-18(21)23-12-15(4)16(5)17(20)14(3)10-13(2)11-19(6,7)8/h10-11,16-17,20H,4,9,12H2,1-3,5-8H3/b13-11+,14-10+/t16-,17+/m0/s1. The lowest BCUT2D eigenvalue weighted by Gasteiger charge is -2.22. The summed E-state index contributed by atoms with van der Waals surface area (Å²) >= 11 is 0. The maximum atomic E-state index is 11.2. The number of aliphatic hydroxyl groups excluding tert-OH is 1. The number of carbonyl (C=O) groups excluding carboxylic acids is 1. The van der Waals surface area contributed by atoms with Gasteiger partial charge in [0.1, 0.15) is 6.61 Å². The van der Waals surface area contributed by atoms with Crippen LogP contribution in [0.2, 0.25) is 0 Å². The van der Waals surface area contributed by atoms with Crippen molar-refractivity contribution in [3.8, 4) is 0 Å². The molecule has 0 amide bonds. The highest BCUT2D eigenvalue weighted by Gasteiger charge is 2.20. The molecule has 0 saturated heterocycles. The summed E-state index contributed by atoms with van der Waals surface area (Å²) in [6.45, 7) is 18.1. The van der Waals surface area contributed by atoms with Crippen LogP contribution in [-0.4, -0.2) is 30.6 Å². The number of allylic oxidation sites excluding steroid dienone is 3. The molecule has 4 nitrogen and oxygen atoms in total. The van der Waals surface area contributed by atoms with E-state index in [9.17, 15) is 9.90 Å². The van der Waals surface area contributed by atoms with E-state index in [2.05, 4.69) is 33.4 Å². The Balaban J connectivity index is 4.74. The van der Waals surface area contributed by atoms with Crippen LogP contribution in [0.5, 0.6) is 0 Å². The fraction of sp³-hybridized carbons (Fsp3) is 0.632. The Hall–Kier alpha value is -1.55. The third kappa shape index (κ3) is 9.24. The molecule has 1 N–H and O–H groups in total. The highest BCUT2D eigenvalue weighted by Crippen LogP contribution is 2.23. The van der Waals surface area contributed by atoms with E-state index in [4.69, 9.17) is 9.47 Å². The molecule has 0 heterocycles. The minimum Gasteiger partial charge on any atom is -0.435 e. The number of carbonyl (C=O) groups is 1. The summed E-state index contributed by atoms with van der Waals surface area (Å²) < 4.78 is 9.63. The molecule has 0 spiro atoms. The molecule has 132 valence electrons. The van der Waals surface area contributed by atoms with Gasteiger partial charge in [-0.15, -0.1) is 0 Å². The second-order valence-corrected chi connectivity index (χ2v) is 7.01. The fourth-order valence-electron chi connectivity index (χ4n) is 2.23. The Bertz CT molecular complexity index is 466. The number of hydrogen-bond acceptors (Lipinski definition) is 4. The largest absolute Gasteiger partial charge is 0.508 e. The first-order chi connectivity index (χ1) is 10.5. The zero-order valence-corrected chi connectivity index (χ0v) is 15.6. The van der Waals surface area contributed by atoms with E-state index in [1.165, 1.54) is 0 Å². The normalized spacial score (nSPS) is 15.8. The van der Waals surface area contributed by atoms with Gasteiger partial charge in [-0.3, -0.25) is 0 Å². The van der Waals surface area contributed by atoms with Crippen LogP contribution in [-0.2, 0) is 9.47 Å². The van der Waals surface area contributed by atoms with E-state index < -0.39 is 12.3 Å². The van der Waals surface area contributed by atoms with E-state index in [-0.39, 0.29) is 24.5 Å². The van der Waals surface area contributed by atoms with Crippen molar-refractivity contribution >= 4 is 6.16 Å². The van der Waals surface area contributed by atoms with Crippen LogP contribution < -0.4 is 0 Å². The van der Waals surface area contributed by atoms with Gasteiger partial charge in [0, 0.05) is 5.92 Å². The monoisotopic (exact) mass is 324 g/mol. The zero-order chi connectivity index (χ0) is 18.2. The first-order valence-corrected chi connectivity index (χ1v) is 8.00. The molecule has 0 fully saturated rings. The van der Waals surface area contributed by atoms with Gasteiger partial charge >= 0.3 is 6.16 Å². The van der Waals surface area contributed by atoms with Crippen LogP contribution in [0, 0.1) is 11.3 Å². The molecule has 0 aromatic rings. The summed E-state index contributed by atoms with van der Waals surface area (Å²) in [5.41, 5.74) is 2.70. The molecule has 0 rings (SSSR count). The molecule has 0 aliphatic carbocycles. The summed E-state index contributed by atoms with van der Waals surface area (Å²) in [6.07, 6.45) is 2.75. The molecule has 0 radical (unpaired) electrons. The van der Waals surface area contributed by atoms with Crippen LogP contribution in [0.1, 0.15) is 48.5 Å². The molecular weight excluding hydrogens is 292 g/mol. The highest BCUT2D eigenvalue weighted by atomic mass is 16.7. The molecule has 0 unspecified atom stereocenters. The van der Waals surface area contributed by atoms with Crippen molar-refractivity contribution in [3.63, 3.8) is 0 Å². The Morgan fingerprint density at radius 1 is 1.26 bits per heavy atom. The van der Waals surface area contributed by atoms with E-state index in [0.29, 0.717) is 5.57 Å². The van der Waals surface area contributed by atoms with Crippen LogP contribution in [0.15, 0.2) is 35.5 Å². The lowest BCUT2D eigenvalue weighted by molar-refractivity contribution is 0.0615. The topological polar surface area (TPSA) is 55.8 Å². The number of ether oxygens (including phenoxy) is 2. The van der Waals surface area contributed by atoms with Crippen molar-refractivity contribution in [2.24, 2.45) is 11.3 Å². The first-order valence-electron chi connectivity index (χ1n) is 8.00. The number of rotatable bonds is 7. The third-order valence-electron chi connectivity index (χ3n) is 3.34. The van der Waals surface area contributed by atoms with Crippen molar-refractivity contribution < 1.29 is 19.4 Å². The van der Waals surface area contributed by atoms with Gasteiger partial charge in [0.05, 0.1) is 12.7 Å². The summed E-state index contributed by atoms with van der Waals surface area (Å²) in [5, 5.41) is 10.4. The predicted octanol–water partition coefficient (Wildman–Crippen LogP) is 4.65. The molecule has 0 aromatic carbocycles. The smallest absolute Gasteiger partial charge is 0.435 e. The van der Waals surface area contributed by atoms with Gasteiger partial charge < -0.3 is 14.6 Å². The Labute approximate surface area is 140 Å². The Kier molecular flexibility index (Phi) is 8.91. The summed E-state index contributed by atoms with van der Waals surface area (Å²) in [5.74, 6) is -0.219. The summed E-state index contributed by atoms with van der Waals surface area (Å²) in [4.78, 5) is 11.2. The van der Waals surface area contributed by atoms with Crippen LogP contribution in [0.4, 0.5) is 4.79 Å². The quantitative estimate of drug-likeness (QED) is 0.421. The molecule has 0 saturated carbocycles. The second kappa shape index (κ2) is 9.56. The molecule has 4 heteroatoms. The number of hydrogen-bond donors (Lipinski definition) is 1. The van der Waals surface area contributed by atoms with Gasteiger partial charge in [0.15, 0.2) is 0 Å². The first kappa shape index (κ1) is 21.4. The van der Waals surface area contributed by atoms with E-state index in [1.807, 2.05) is 26.8 Å². The zero-order valence-electron chi connectivity index (χ0n) is 15.6. The van der Waals surface area contributed by atoms with Crippen LogP contribution in [0.25, 0.3) is 0 Å². The minimum atomic E-state index is -0.716. The van der Waals surface area contributed by atoms with Crippen LogP contribution >= 0.6 is 0 Å². The molecule has 0 aliphatic heterocycles. The summed E-state index contributed by atoms with van der Waals surface area (Å²) in [6, 6.07) is 0. The van der Waals surface area contributed by atoms with Crippen molar-refractivity contribution in [1.29, 1.82) is 0 Å². The Morgan fingerprint density at radius 3 is 2.30 bits per heavy atom. The minimum absolute atomic E-state index is 0.0428. The molecule has 2 atom stereocenters. The maximum Gasteiger partial charge on any atom is 0.508 e. The molecule has 0 aromatic heterocycles.